The molecule has 35 heavy (non-hydrogen) atoms. The van der Waals surface area contributed by atoms with Crippen molar-refractivity contribution in [3.05, 3.63) is 81.9 Å². The maximum atomic E-state index is 12.7. The second-order valence-electron chi connectivity index (χ2n) is 7.51. The molecule has 0 saturated carbocycles. The van der Waals surface area contributed by atoms with Crippen molar-refractivity contribution in [2.24, 2.45) is 0 Å². The van der Waals surface area contributed by atoms with Crippen molar-refractivity contribution in [3.63, 3.8) is 0 Å². The molecule has 0 spiro atoms. The summed E-state index contributed by atoms with van der Waals surface area (Å²) in [6.45, 7) is 1.67. The zero-order valence-corrected chi connectivity index (χ0v) is 18.4. The fourth-order valence-electron chi connectivity index (χ4n) is 3.34. The number of nitrogens with one attached hydrogen (secondary N) is 1. The Labute approximate surface area is 198 Å². The van der Waals surface area contributed by atoms with Gasteiger partial charge in [0.15, 0.2) is 5.65 Å². The van der Waals surface area contributed by atoms with Gasteiger partial charge in [-0.1, -0.05) is 17.7 Å². The Hall–Kier alpha value is -3.67. The van der Waals surface area contributed by atoms with Crippen LogP contribution in [0, 0.1) is 6.92 Å². The number of fused-ring (bicyclic) bond motifs is 1. The molecule has 0 aliphatic heterocycles. The Morgan fingerprint density at radius 2 is 1.66 bits per heavy atom. The molecule has 3 aromatic heterocycles. The van der Waals surface area contributed by atoms with Crippen molar-refractivity contribution in [2.75, 3.05) is 5.32 Å². The molecule has 0 aliphatic carbocycles. The van der Waals surface area contributed by atoms with E-state index in [2.05, 4.69) is 20.4 Å². The molecule has 0 saturated heterocycles. The van der Waals surface area contributed by atoms with Crippen molar-refractivity contribution in [1.82, 2.24) is 19.7 Å². The van der Waals surface area contributed by atoms with Crippen LogP contribution in [0.4, 0.5) is 32.0 Å². The van der Waals surface area contributed by atoms with E-state index in [1.54, 1.807) is 6.92 Å². The summed E-state index contributed by atoms with van der Waals surface area (Å²) in [6, 6.07) is 6.03. The van der Waals surface area contributed by atoms with Gasteiger partial charge in [-0.25, -0.2) is 9.67 Å². The van der Waals surface area contributed by atoms with Crippen LogP contribution in [0.15, 0.2) is 48.8 Å². The average molecular weight is 514 g/mol. The molecule has 0 atom stereocenters. The van der Waals surface area contributed by atoms with Crippen molar-refractivity contribution >= 4 is 34.2 Å². The molecule has 0 bridgehead atoms. The number of amides is 1. The van der Waals surface area contributed by atoms with Gasteiger partial charge in [-0.2, -0.15) is 31.4 Å². The van der Waals surface area contributed by atoms with Gasteiger partial charge in [-0.05, 0) is 42.8 Å². The highest BCUT2D eigenvalue weighted by Gasteiger charge is 2.32. The topological polar surface area (TPSA) is 72.7 Å². The normalized spacial score (nSPS) is 12.2. The highest BCUT2D eigenvalue weighted by molar-refractivity contribution is 6.39. The predicted molar refractivity (Wildman–Crippen MR) is 115 cm³/mol. The van der Waals surface area contributed by atoms with Gasteiger partial charge in [-0.3, -0.25) is 9.78 Å². The SMILES string of the molecule is Cc1nn(Cc2ccc(C(F)(F)F)nc2)c2ncc(C(=O)Nc3ccc(C(F)(F)F)cc3)c(Cl)c12. The number of halogens is 7. The van der Waals surface area contributed by atoms with Gasteiger partial charge in [0.2, 0.25) is 0 Å². The lowest BCUT2D eigenvalue weighted by Gasteiger charge is -2.10. The standard InChI is InChI=1S/C22H14ClF6N5O/c1-11-17-18(23)15(20(35)32-14-5-3-13(4-6-14)21(24,25)26)9-31-19(17)34(33-11)10-12-2-7-16(30-8-12)22(27,28)29/h2-9H,10H2,1H3,(H,32,35). The molecule has 182 valence electrons. The van der Waals surface area contributed by atoms with E-state index in [9.17, 15) is 31.1 Å². The third kappa shape index (κ3) is 5.06. The first-order chi connectivity index (χ1) is 16.3. The Morgan fingerprint density at radius 3 is 2.23 bits per heavy atom. The van der Waals surface area contributed by atoms with E-state index in [1.165, 1.54) is 16.9 Å². The number of nitrogens with zero attached hydrogens (tertiary/aromatic N) is 4. The van der Waals surface area contributed by atoms with Gasteiger partial charge in [0, 0.05) is 18.1 Å². The van der Waals surface area contributed by atoms with Gasteiger partial charge < -0.3 is 5.32 Å². The number of hydrogen-bond donors (Lipinski definition) is 1. The molecule has 1 amide bonds. The second kappa shape index (κ2) is 8.84. The van der Waals surface area contributed by atoms with Gasteiger partial charge in [0.1, 0.15) is 5.69 Å². The predicted octanol–water partition coefficient (Wildman–Crippen LogP) is 6.13. The summed E-state index contributed by atoms with van der Waals surface area (Å²) in [7, 11) is 0. The Morgan fingerprint density at radius 1 is 0.971 bits per heavy atom. The molecule has 0 fully saturated rings. The highest BCUT2D eigenvalue weighted by Crippen LogP contribution is 2.32. The van der Waals surface area contributed by atoms with E-state index in [1.807, 2.05) is 0 Å². The second-order valence-corrected chi connectivity index (χ2v) is 7.88. The van der Waals surface area contributed by atoms with E-state index in [0.29, 0.717) is 22.3 Å². The first-order valence-electron chi connectivity index (χ1n) is 9.87. The van der Waals surface area contributed by atoms with Crippen LogP contribution in [0.5, 0.6) is 0 Å². The minimum atomic E-state index is -4.56. The van der Waals surface area contributed by atoms with Crippen LogP contribution < -0.4 is 5.32 Å². The van der Waals surface area contributed by atoms with E-state index in [-0.39, 0.29) is 22.8 Å². The number of rotatable bonds is 4. The number of alkyl halides is 6. The quantitative estimate of drug-likeness (QED) is 0.333. The Kier molecular flexibility index (Phi) is 6.18. The number of carbonyl (C=O) groups excluding carboxylic acids is 1. The zero-order valence-electron chi connectivity index (χ0n) is 17.7. The highest BCUT2D eigenvalue weighted by atomic mass is 35.5. The molecule has 1 N–H and O–H groups in total. The molecule has 0 radical (unpaired) electrons. The number of carbonyl (C=O) groups is 1. The number of aromatic nitrogens is 4. The van der Waals surface area contributed by atoms with Gasteiger partial charge >= 0.3 is 12.4 Å². The van der Waals surface area contributed by atoms with E-state index >= 15 is 0 Å². The van der Waals surface area contributed by atoms with Crippen LogP contribution in [0.1, 0.15) is 32.9 Å². The molecular weight excluding hydrogens is 500 g/mol. The molecule has 0 aliphatic rings. The summed E-state index contributed by atoms with van der Waals surface area (Å²) in [6.07, 6.45) is -6.79. The summed E-state index contributed by atoms with van der Waals surface area (Å²) >= 11 is 6.44. The monoisotopic (exact) mass is 513 g/mol. The smallest absolute Gasteiger partial charge is 0.322 e. The molecule has 3 heterocycles. The molecular formula is C22H14ClF6N5O. The molecule has 0 unspecified atom stereocenters. The molecule has 13 heteroatoms. The average Bonchev–Trinajstić information content (AvgIpc) is 3.09. The number of pyridine rings is 2. The van der Waals surface area contributed by atoms with Crippen molar-refractivity contribution in [2.45, 2.75) is 25.8 Å². The van der Waals surface area contributed by atoms with E-state index in [4.69, 9.17) is 11.6 Å². The third-order valence-electron chi connectivity index (χ3n) is 5.03. The summed E-state index contributed by atoms with van der Waals surface area (Å²) in [5.41, 5.74) is -0.640. The van der Waals surface area contributed by atoms with Crippen LogP contribution in [-0.2, 0) is 18.9 Å². The maximum absolute atomic E-state index is 12.7. The number of hydrogen-bond acceptors (Lipinski definition) is 4. The number of anilines is 1. The summed E-state index contributed by atoms with van der Waals surface area (Å²) in [5.74, 6) is -0.691. The lowest BCUT2D eigenvalue weighted by molar-refractivity contribution is -0.141. The van der Waals surface area contributed by atoms with Crippen molar-refractivity contribution in [1.29, 1.82) is 0 Å². The fourth-order valence-corrected chi connectivity index (χ4v) is 3.70. The molecule has 1 aromatic carbocycles. The van der Waals surface area contributed by atoms with E-state index < -0.39 is 29.5 Å². The number of aryl methyl sites for hydroxylation is 1. The van der Waals surface area contributed by atoms with Crippen LogP contribution >= 0.6 is 11.6 Å². The van der Waals surface area contributed by atoms with E-state index in [0.717, 1.165) is 36.5 Å². The lowest BCUT2D eigenvalue weighted by Crippen LogP contribution is -2.14. The van der Waals surface area contributed by atoms with Gasteiger partial charge in [0.25, 0.3) is 5.91 Å². The van der Waals surface area contributed by atoms with Gasteiger partial charge in [-0.15, -0.1) is 0 Å². The third-order valence-corrected chi connectivity index (χ3v) is 5.43. The first kappa shape index (κ1) is 24.5. The fraction of sp³-hybridized carbons (Fsp3) is 0.182. The maximum Gasteiger partial charge on any atom is 0.433 e. The molecule has 4 rings (SSSR count). The Bertz CT molecular complexity index is 1400. The minimum Gasteiger partial charge on any atom is -0.322 e. The van der Waals surface area contributed by atoms with Gasteiger partial charge in [0.05, 0.1) is 33.8 Å². The largest absolute Gasteiger partial charge is 0.433 e. The lowest BCUT2D eigenvalue weighted by atomic mass is 10.1. The summed E-state index contributed by atoms with van der Waals surface area (Å²) < 4.78 is 77.8. The number of benzene rings is 1. The van der Waals surface area contributed by atoms with Crippen LogP contribution in [-0.4, -0.2) is 25.7 Å². The minimum absolute atomic E-state index is 0.0220. The van der Waals surface area contributed by atoms with Crippen molar-refractivity contribution < 1.29 is 31.1 Å². The van der Waals surface area contributed by atoms with Crippen molar-refractivity contribution in [3.8, 4) is 0 Å². The zero-order chi connectivity index (χ0) is 25.5. The van der Waals surface area contributed by atoms with Crippen LogP contribution in [0.2, 0.25) is 5.02 Å². The molecule has 6 nitrogen and oxygen atoms in total. The summed E-state index contributed by atoms with van der Waals surface area (Å²) in [5, 5.41) is 7.16. The molecule has 4 aromatic rings. The van der Waals surface area contributed by atoms with Crippen LogP contribution in [0.3, 0.4) is 0 Å². The Balaban J connectivity index is 1.59. The first-order valence-corrected chi connectivity index (χ1v) is 10.2. The van der Waals surface area contributed by atoms with Crippen LogP contribution in [0.25, 0.3) is 11.0 Å². The summed E-state index contributed by atoms with van der Waals surface area (Å²) in [4.78, 5) is 20.3.